The minimum atomic E-state index is 0.325. The molecule has 2 heteroatoms. The lowest BCUT2D eigenvalue weighted by atomic mass is 10.0. The van der Waals surface area contributed by atoms with Crippen molar-refractivity contribution in [3.8, 4) is 5.75 Å². The van der Waals surface area contributed by atoms with Crippen molar-refractivity contribution in [3.63, 3.8) is 0 Å². The molecule has 0 amide bonds. The number of aryl methyl sites for hydroxylation is 1. The third-order valence-corrected chi connectivity index (χ3v) is 2.94. The van der Waals surface area contributed by atoms with Crippen LogP contribution >= 0.6 is 11.6 Å². The Morgan fingerprint density at radius 1 is 1.06 bits per heavy atom. The monoisotopic (exact) mass is 232 g/mol. The maximum atomic E-state index is 9.74. The van der Waals surface area contributed by atoms with Crippen LogP contribution in [-0.4, -0.2) is 5.11 Å². The first-order chi connectivity index (χ1) is 7.66. The van der Waals surface area contributed by atoms with Crippen LogP contribution in [0.25, 0.3) is 0 Å². The van der Waals surface area contributed by atoms with Crippen molar-refractivity contribution in [3.05, 3.63) is 64.2 Å². The number of hydrogen-bond donors (Lipinski definition) is 1. The van der Waals surface area contributed by atoms with Gasteiger partial charge in [0.05, 0.1) is 0 Å². The van der Waals surface area contributed by atoms with Crippen molar-refractivity contribution in [1.82, 2.24) is 0 Å². The van der Waals surface area contributed by atoms with E-state index in [1.807, 2.05) is 43.3 Å². The van der Waals surface area contributed by atoms with Crippen molar-refractivity contribution in [2.24, 2.45) is 0 Å². The molecule has 0 bridgehead atoms. The van der Waals surface area contributed by atoms with Gasteiger partial charge in [-0.1, -0.05) is 47.5 Å². The molecule has 0 aliphatic heterocycles. The number of hydrogen-bond acceptors (Lipinski definition) is 1. The van der Waals surface area contributed by atoms with Crippen molar-refractivity contribution < 1.29 is 5.11 Å². The Balaban J connectivity index is 2.34. The molecule has 0 aliphatic rings. The Labute approximate surface area is 100 Å². The fourth-order valence-corrected chi connectivity index (χ4v) is 1.91. The summed E-state index contributed by atoms with van der Waals surface area (Å²) in [4.78, 5) is 0. The molecule has 0 saturated heterocycles. The molecule has 0 aliphatic carbocycles. The minimum Gasteiger partial charge on any atom is -0.508 e. The van der Waals surface area contributed by atoms with E-state index >= 15 is 0 Å². The fraction of sp³-hybridized carbons (Fsp3) is 0.143. The first-order valence-electron chi connectivity index (χ1n) is 5.19. The summed E-state index contributed by atoms with van der Waals surface area (Å²) in [6.45, 7) is 2.01. The molecule has 16 heavy (non-hydrogen) atoms. The Morgan fingerprint density at radius 2 is 1.81 bits per heavy atom. The molecule has 0 radical (unpaired) electrons. The van der Waals surface area contributed by atoms with Gasteiger partial charge in [-0.3, -0.25) is 0 Å². The minimum absolute atomic E-state index is 0.325. The van der Waals surface area contributed by atoms with Gasteiger partial charge in [0.15, 0.2) is 0 Å². The topological polar surface area (TPSA) is 20.2 Å². The summed E-state index contributed by atoms with van der Waals surface area (Å²) >= 11 is 6.08. The zero-order valence-electron chi connectivity index (χ0n) is 9.07. The Morgan fingerprint density at radius 3 is 2.56 bits per heavy atom. The van der Waals surface area contributed by atoms with Gasteiger partial charge >= 0.3 is 0 Å². The normalized spacial score (nSPS) is 10.4. The van der Waals surface area contributed by atoms with Crippen LogP contribution in [0.5, 0.6) is 5.75 Å². The van der Waals surface area contributed by atoms with Crippen LogP contribution in [0.15, 0.2) is 42.5 Å². The van der Waals surface area contributed by atoms with Gasteiger partial charge in [-0.2, -0.15) is 0 Å². The molecular weight excluding hydrogens is 220 g/mol. The number of aromatic hydroxyl groups is 1. The average Bonchev–Trinajstić information content (AvgIpc) is 2.27. The van der Waals surface area contributed by atoms with E-state index in [0.29, 0.717) is 12.2 Å². The lowest BCUT2D eigenvalue weighted by molar-refractivity contribution is 0.469. The van der Waals surface area contributed by atoms with Gasteiger partial charge < -0.3 is 5.11 Å². The van der Waals surface area contributed by atoms with Gasteiger partial charge in [0.1, 0.15) is 5.75 Å². The van der Waals surface area contributed by atoms with E-state index in [0.717, 1.165) is 21.7 Å². The zero-order valence-corrected chi connectivity index (χ0v) is 9.83. The van der Waals surface area contributed by atoms with Gasteiger partial charge in [0, 0.05) is 11.4 Å². The van der Waals surface area contributed by atoms with E-state index in [2.05, 4.69) is 0 Å². The summed E-state index contributed by atoms with van der Waals surface area (Å²) in [7, 11) is 0. The highest BCUT2D eigenvalue weighted by Crippen LogP contribution is 2.24. The SMILES string of the molecule is Cc1ccc(O)c(Cc2ccccc2Cl)c1. The molecule has 0 unspecified atom stereocenters. The first-order valence-corrected chi connectivity index (χ1v) is 5.56. The highest BCUT2D eigenvalue weighted by Gasteiger charge is 2.05. The first kappa shape index (κ1) is 11.0. The molecule has 0 aromatic heterocycles. The predicted molar refractivity (Wildman–Crippen MR) is 67.1 cm³/mol. The van der Waals surface area contributed by atoms with Gasteiger partial charge in [-0.25, -0.2) is 0 Å². The molecular formula is C14H13ClO. The predicted octanol–water partition coefficient (Wildman–Crippen LogP) is 3.94. The molecule has 2 rings (SSSR count). The second kappa shape index (κ2) is 4.58. The molecule has 1 N–H and O–H groups in total. The molecule has 82 valence electrons. The standard InChI is InChI=1S/C14H13ClO/c1-10-6-7-14(16)12(8-10)9-11-4-2-3-5-13(11)15/h2-8,16H,9H2,1H3. The summed E-state index contributed by atoms with van der Waals surface area (Å²) in [6.07, 6.45) is 0.660. The average molecular weight is 233 g/mol. The van der Waals surface area contributed by atoms with Gasteiger partial charge in [-0.05, 0) is 30.2 Å². The summed E-state index contributed by atoms with van der Waals surface area (Å²) < 4.78 is 0. The second-order valence-electron chi connectivity index (χ2n) is 3.90. The lowest BCUT2D eigenvalue weighted by Crippen LogP contribution is -1.90. The van der Waals surface area contributed by atoms with Crippen LogP contribution in [0.1, 0.15) is 16.7 Å². The van der Waals surface area contributed by atoms with Crippen LogP contribution in [0.4, 0.5) is 0 Å². The van der Waals surface area contributed by atoms with E-state index in [-0.39, 0.29) is 0 Å². The Hall–Kier alpha value is -1.47. The number of phenols is 1. The third kappa shape index (κ3) is 2.37. The van der Waals surface area contributed by atoms with E-state index in [1.54, 1.807) is 6.07 Å². The second-order valence-corrected chi connectivity index (χ2v) is 4.31. The van der Waals surface area contributed by atoms with Crippen molar-refractivity contribution in [2.75, 3.05) is 0 Å². The third-order valence-electron chi connectivity index (χ3n) is 2.57. The maximum absolute atomic E-state index is 9.74. The van der Waals surface area contributed by atoms with Crippen LogP contribution in [0.3, 0.4) is 0 Å². The molecule has 0 fully saturated rings. The van der Waals surface area contributed by atoms with E-state index in [1.165, 1.54) is 0 Å². The van der Waals surface area contributed by atoms with Crippen molar-refractivity contribution in [2.45, 2.75) is 13.3 Å². The largest absolute Gasteiger partial charge is 0.508 e. The van der Waals surface area contributed by atoms with Crippen LogP contribution in [0, 0.1) is 6.92 Å². The Kier molecular flexibility index (Phi) is 3.16. The molecule has 0 spiro atoms. The maximum Gasteiger partial charge on any atom is 0.119 e. The molecule has 1 nitrogen and oxygen atoms in total. The zero-order chi connectivity index (χ0) is 11.5. The van der Waals surface area contributed by atoms with E-state index in [4.69, 9.17) is 11.6 Å². The number of phenolic OH excluding ortho intramolecular Hbond substituents is 1. The van der Waals surface area contributed by atoms with Crippen LogP contribution in [0.2, 0.25) is 5.02 Å². The molecule has 0 heterocycles. The summed E-state index contributed by atoms with van der Waals surface area (Å²) in [5, 5.41) is 10.5. The highest BCUT2D eigenvalue weighted by atomic mass is 35.5. The van der Waals surface area contributed by atoms with Crippen LogP contribution < -0.4 is 0 Å². The summed E-state index contributed by atoms with van der Waals surface area (Å²) in [6, 6.07) is 13.3. The van der Waals surface area contributed by atoms with Crippen LogP contribution in [-0.2, 0) is 6.42 Å². The van der Waals surface area contributed by atoms with Gasteiger partial charge in [-0.15, -0.1) is 0 Å². The summed E-state index contributed by atoms with van der Waals surface area (Å²) in [5.74, 6) is 0.325. The lowest BCUT2D eigenvalue weighted by Gasteiger charge is -2.07. The van der Waals surface area contributed by atoms with E-state index < -0.39 is 0 Å². The number of halogens is 1. The molecule has 0 atom stereocenters. The Bertz CT molecular complexity index is 506. The van der Waals surface area contributed by atoms with Crippen molar-refractivity contribution in [1.29, 1.82) is 0 Å². The van der Waals surface area contributed by atoms with E-state index in [9.17, 15) is 5.11 Å². The molecule has 0 saturated carbocycles. The molecule has 2 aromatic carbocycles. The van der Waals surface area contributed by atoms with Gasteiger partial charge in [0.2, 0.25) is 0 Å². The quantitative estimate of drug-likeness (QED) is 0.832. The van der Waals surface area contributed by atoms with Gasteiger partial charge in [0.25, 0.3) is 0 Å². The number of rotatable bonds is 2. The van der Waals surface area contributed by atoms with Crippen molar-refractivity contribution >= 4 is 11.6 Å². The smallest absolute Gasteiger partial charge is 0.119 e. The summed E-state index contributed by atoms with van der Waals surface area (Å²) in [5.41, 5.74) is 3.08. The molecule has 2 aromatic rings. The fourth-order valence-electron chi connectivity index (χ4n) is 1.70. The number of benzene rings is 2. The highest BCUT2D eigenvalue weighted by molar-refractivity contribution is 6.31.